The molecule has 9 heteroatoms. The molecule has 0 atom stereocenters. The van der Waals surface area contributed by atoms with Crippen LogP contribution in [0.4, 0.5) is 22.0 Å². The molecule has 27 heavy (non-hydrogen) atoms. The lowest BCUT2D eigenvalue weighted by atomic mass is 10.1. The van der Waals surface area contributed by atoms with Crippen LogP contribution in [0.15, 0.2) is 48.5 Å². The highest BCUT2D eigenvalue weighted by atomic mass is 19.4. The number of rotatable bonds is 8. The number of alkyl halides is 5. The summed E-state index contributed by atoms with van der Waals surface area (Å²) >= 11 is 0. The average Bonchev–Trinajstić information content (AvgIpc) is 2.60. The maximum absolute atomic E-state index is 12.6. The summed E-state index contributed by atoms with van der Waals surface area (Å²) in [5, 5.41) is 2.50. The van der Waals surface area contributed by atoms with E-state index >= 15 is 0 Å². The van der Waals surface area contributed by atoms with E-state index in [-0.39, 0.29) is 24.5 Å². The second kappa shape index (κ2) is 9.20. The SMILES string of the molecule is O=C(COc1cccc(C(F)(F)F)c1)NCCc1ccccc1OC(F)F. The number of para-hydroxylation sites is 1. The Bertz CT molecular complexity index is 765. The Balaban J connectivity index is 1.81. The van der Waals surface area contributed by atoms with Crippen LogP contribution < -0.4 is 14.8 Å². The first-order valence-electron chi connectivity index (χ1n) is 7.85. The van der Waals surface area contributed by atoms with Gasteiger partial charge in [0.15, 0.2) is 6.61 Å². The molecule has 0 aliphatic heterocycles. The third-order valence-electron chi connectivity index (χ3n) is 3.44. The van der Waals surface area contributed by atoms with E-state index < -0.39 is 30.9 Å². The fourth-order valence-corrected chi connectivity index (χ4v) is 2.22. The van der Waals surface area contributed by atoms with Crippen LogP contribution in [0, 0.1) is 0 Å². The number of halogens is 5. The Morgan fingerprint density at radius 1 is 1.07 bits per heavy atom. The topological polar surface area (TPSA) is 47.6 Å². The molecule has 0 aliphatic carbocycles. The van der Waals surface area contributed by atoms with Gasteiger partial charge in [-0.1, -0.05) is 24.3 Å². The van der Waals surface area contributed by atoms with Crippen molar-refractivity contribution in [1.82, 2.24) is 5.32 Å². The van der Waals surface area contributed by atoms with Gasteiger partial charge in [0, 0.05) is 6.54 Å². The van der Waals surface area contributed by atoms with Crippen molar-refractivity contribution in [2.45, 2.75) is 19.2 Å². The molecule has 0 fully saturated rings. The minimum atomic E-state index is -4.50. The Labute approximate surface area is 151 Å². The van der Waals surface area contributed by atoms with E-state index in [4.69, 9.17) is 4.74 Å². The van der Waals surface area contributed by atoms with Gasteiger partial charge in [0.25, 0.3) is 5.91 Å². The van der Waals surface area contributed by atoms with Crippen LogP contribution in [-0.4, -0.2) is 25.7 Å². The first kappa shape index (κ1) is 20.5. The lowest BCUT2D eigenvalue weighted by Gasteiger charge is -2.12. The molecule has 0 aromatic heterocycles. The largest absolute Gasteiger partial charge is 0.484 e. The van der Waals surface area contributed by atoms with E-state index in [1.165, 1.54) is 18.2 Å². The second-order valence-electron chi connectivity index (χ2n) is 5.40. The Hall–Kier alpha value is -2.84. The molecule has 2 aromatic rings. The van der Waals surface area contributed by atoms with Gasteiger partial charge in [-0.05, 0) is 36.2 Å². The molecule has 0 aliphatic rings. The Morgan fingerprint density at radius 2 is 1.81 bits per heavy atom. The number of amides is 1. The van der Waals surface area contributed by atoms with Crippen LogP contribution in [0.1, 0.15) is 11.1 Å². The van der Waals surface area contributed by atoms with Crippen LogP contribution in [0.25, 0.3) is 0 Å². The van der Waals surface area contributed by atoms with E-state index in [2.05, 4.69) is 10.1 Å². The van der Waals surface area contributed by atoms with Gasteiger partial charge < -0.3 is 14.8 Å². The smallest absolute Gasteiger partial charge is 0.416 e. The van der Waals surface area contributed by atoms with Crippen LogP contribution in [0.3, 0.4) is 0 Å². The van der Waals surface area contributed by atoms with E-state index in [0.717, 1.165) is 12.1 Å². The second-order valence-corrected chi connectivity index (χ2v) is 5.40. The van der Waals surface area contributed by atoms with Crippen LogP contribution in [0.2, 0.25) is 0 Å². The first-order chi connectivity index (χ1) is 12.8. The van der Waals surface area contributed by atoms with E-state index in [9.17, 15) is 26.7 Å². The van der Waals surface area contributed by atoms with Crippen LogP contribution in [-0.2, 0) is 17.4 Å². The van der Waals surface area contributed by atoms with E-state index in [0.29, 0.717) is 5.56 Å². The van der Waals surface area contributed by atoms with Crippen molar-refractivity contribution in [3.63, 3.8) is 0 Å². The Morgan fingerprint density at radius 3 is 2.52 bits per heavy atom. The summed E-state index contributed by atoms with van der Waals surface area (Å²) in [7, 11) is 0. The molecule has 0 radical (unpaired) electrons. The molecule has 0 unspecified atom stereocenters. The lowest BCUT2D eigenvalue weighted by molar-refractivity contribution is -0.137. The summed E-state index contributed by atoms with van der Waals surface area (Å²) in [6, 6.07) is 10.3. The summed E-state index contributed by atoms with van der Waals surface area (Å²) in [6.07, 6.45) is -4.27. The van der Waals surface area contributed by atoms with E-state index in [1.54, 1.807) is 18.2 Å². The van der Waals surface area contributed by atoms with Gasteiger partial charge in [-0.2, -0.15) is 22.0 Å². The number of carbonyl (C=O) groups excluding carboxylic acids is 1. The fourth-order valence-electron chi connectivity index (χ4n) is 2.22. The van der Waals surface area contributed by atoms with Crippen LogP contribution >= 0.6 is 0 Å². The van der Waals surface area contributed by atoms with E-state index in [1.807, 2.05) is 0 Å². The number of hydrogen-bond donors (Lipinski definition) is 1. The monoisotopic (exact) mass is 389 g/mol. The third kappa shape index (κ3) is 6.76. The van der Waals surface area contributed by atoms with Crippen LogP contribution in [0.5, 0.6) is 11.5 Å². The van der Waals surface area contributed by atoms with Gasteiger partial charge in [0.2, 0.25) is 0 Å². The summed E-state index contributed by atoms with van der Waals surface area (Å²) in [6.45, 7) is -3.31. The molecule has 0 bridgehead atoms. The number of carbonyl (C=O) groups is 1. The molecule has 1 N–H and O–H groups in total. The molecule has 0 heterocycles. The maximum Gasteiger partial charge on any atom is 0.416 e. The minimum Gasteiger partial charge on any atom is -0.484 e. The predicted octanol–water partition coefficient (Wildman–Crippen LogP) is 4.04. The quantitative estimate of drug-likeness (QED) is 0.693. The summed E-state index contributed by atoms with van der Waals surface area (Å²) in [5.74, 6) is -0.628. The fraction of sp³-hybridized carbons (Fsp3) is 0.278. The Kier molecular flexibility index (Phi) is 6.98. The molecule has 0 saturated carbocycles. The van der Waals surface area contributed by atoms with Gasteiger partial charge >= 0.3 is 12.8 Å². The van der Waals surface area contributed by atoms with Gasteiger partial charge in [0.1, 0.15) is 11.5 Å². The molecular weight excluding hydrogens is 373 g/mol. The van der Waals surface area contributed by atoms with Crippen molar-refractivity contribution >= 4 is 5.91 Å². The third-order valence-corrected chi connectivity index (χ3v) is 3.44. The molecule has 0 saturated heterocycles. The molecule has 2 rings (SSSR count). The van der Waals surface area contributed by atoms with Crippen molar-refractivity contribution in [2.75, 3.05) is 13.2 Å². The first-order valence-corrected chi connectivity index (χ1v) is 7.85. The van der Waals surface area contributed by atoms with Crippen molar-refractivity contribution in [1.29, 1.82) is 0 Å². The summed E-state index contributed by atoms with van der Waals surface area (Å²) in [4.78, 5) is 11.7. The molecule has 2 aromatic carbocycles. The van der Waals surface area contributed by atoms with Gasteiger partial charge in [-0.15, -0.1) is 0 Å². The number of benzene rings is 2. The molecular formula is C18H16F5NO3. The number of hydrogen-bond acceptors (Lipinski definition) is 3. The predicted molar refractivity (Wildman–Crippen MR) is 86.7 cm³/mol. The maximum atomic E-state index is 12.6. The molecule has 1 amide bonds. The minimum absolute atomic E-state index is 0.0157. The zero-order valence-corrected chi connectivity index (χ0v) is 13.9. The van der Waals surface area contributed by atoms with Crippen molar-refractivity contribution < 1.29 is 36.2 Å². The van der Waals surface area contributed by atoms with Crippen molar-refractivity contribution in [3.8, 4) is 11.5 Å². The molecule has 0 spiro atoms. The van der Waals surface area contributed by atoms with Crippen molar-refractivity contribution in [3.05, 3.63) is 59.7 Å². The number of ether oxygens (including phenoxy) is 2. The zero-order valence-electron chi connectivity index (χ0n) is 13.9. The standard InChI is InChI=1S/C18H16F5NO3/c19-17(20)27-15-7-2-1-4-12(15)8-9-24-16(25)11-26-14-6-3-5-13(10-14)18(21,22)23/h1-7,10,17H,8-9,11H2,(H,24,25). The highest BCUT2D eigenvalue weighted by Gasteiger charge is 2.30. The molecule has 4 nitrogen and oxygen atoms in total. The molecule has 146 valence electrons. The zero-order chi connectivity index (χ0) is 19.9. The summed E-state index contributed by atoms with van der Waals surface area (Å²) in [5.41, 5.74) is -0.395. The van der Waals surface area contributed by atoms with Gasteiger partial charge in [-0.3, -0.25) is 4.79 Å². The van der Waals surface area contributed by atoms with Gasteiger partial charge in [0.05, 0.1) is 5.56 Å². The highest BCUT2D eigenvalue weighted by molar-refractivity contribution is 5.77. The normalized spacial score (nSPS) is 11.3. The lowest BCUT2D eigenvalue weighted by Crippen LogP contribution is -2.30. The highest BCUT2D eigenvalue weighted by Crippen LogP contribution is 2.31. The van der Waals surface area contributed by atoms with Gasteiger partial charge in [-0.25, -0.2) is 0 Å². The summed E-state index contributed by atoms with van der Waals surface area (Å²) < 4.78 is 71.9. The average molecular weight is 389 g/mol. The number of nitrogens with one attached hydrogen (secondary N) is 1. The van der Waals surface area contributed by atoms with Crippen molar-refractivity contribution in [2.24, 2.45) is 0 Å².